The third-order valence-corrected chi connectivity index (χ3v) is 0.723. The second-order valence-corrected chi connectivity index (χ2v) is 1.36. The van der Waals surface area contributed by atoms with Gasteiger partial charge in [-0.15, -0.1) is 0 Å². The van der Waals surface area contributed by atoms with Gasteiger partial charge in [0.25, 0.3) is 0 Å². The average molecular weight is 104 g/mol. The van der Waals surface area contributed by atoms with Crippen molar-refractivity contribution in [1.29, 1.82) is 0 Å². The van der Waals surface area contributed by atoms with Crippen molar-refractivity contribution in [3.05, 3.63) is 0 Å². The summed E-state index contributed by atoms with van der Waals surface area (Å²) in [5, 5.41) is 0. The minimum atomic E-state index is -0.186. The van der Waals surface area contributed by atoms with E-state index >= 15 is 0 Å². The molecule has 1 atom stereocenters. The lowest BCUT2D eigenvalue weighted by molar-refractivity contribution is -0.410. The predicted molar refractivity (Wildman–Crippen MR) is 22.5 cm³/mol. The Morgan fingerprint density at radius 1 is 1.43 bits per heavy atom. The van der Waals surface area contributed by atoms with Crippen LogP contribution in [-0.4, -0.2) is 19.5 Å². The van der Waals surface area contributed by atoms with Crippen LogP contribution < -0.4 is 0 Å². The molecule has 0 spiro atoms. The van der Waals surface area contributed by atoms with Crippen LogP contribution in [0.2, 0.25) is 0 Å². The van der Waals surface area contributed by atoms with Crippen LogP contribution in [-0.2, 0) is 14.5 Å². The molecule has 0 N–H and O–H groups in total. The van der Waals surface area contributed by atoms with Crippen molar-refractivity contribution in [2.75, 3.05) is 13.2 Å². The lowest BCUT2D eigenvalue weighted by Gasteiger charge is -2.17. The highest BCUT2D eigenvalue weighted by Crippen LogP contribution is 1.99. The largest absolute Gasteiger partial charge is 0.347 e. The molecule has 1 saturated heterocycles. The van der Waals surface area contributed by atoms with E-state index in [0.717, 1.165) is 0 Å². The van der Waals surface area contributed by atoms with E-state index < -0.39 is 0 Å². The van der Waals surface area contributed by atoms with E-state index in [1.165, 1.54) is 0 Å². The van der Waals surface area contributed by atoms with Gasteiger partial charge in [-0.05, 0) is 6.92 Å². The molecule has 0 aliphatic carbocycles. The molecule has 0 aromatic carbocycles. The van der Waals surface area contributed by atoms with Crippen molar-refractivity contribution >= 4 is 0 Å². The molecule has 1 rings (SSSR count). The van der Waals surface area contributed by atoms with E-state index in [2.05, 4.69) is 9.78 Å². The summed E-state index contributed by atoms with van der Waals surface area (Å²) in [6.07, 6.45) is -0.186. The van der Waals surface area contributed by atoms with Gasteiger partial charge in [-0.2, -0.15) is 0 Å². The summed E-state index contributed by atoms with van der Waals surface area (Å²) >= 11 is 0. The minimum absolute atomic E-state index is 0.186. The Morgan fingerprint density at radius 2 is 2.29 bits per heavy atom. The van der Waals surface area contributed by atoms with Crippen molar-refractivity contribution in [2.45, 2.75) is 13.2 Å². The Bertz CT molecular complexity index is 48.9. The van der Waals surface area contributed by atoms with Gasteiger partial charge in [0, 0.05) is 0 Å². The summed E-state index contributed by atoms with van der Waals surface area (Å²) in [4.78, 5) is 9.11. The van der Waals surface area contributed by atoms with Crippen molar-refractivity contribution in [3.8, 4) is 0 Å². The van der Waals surface area contributed by atoms with Gasteiger partial charge in [-0.3, -0.25) is 0 Å². The van der Waals surface area contributed by atoms with Crippen molar-refractivity contribution < 1.29 is 14.5 Å². The van der Waals surface area contributed by atoms with Crippen molar-refractivity contribution in [3.63, 3.8) is 0 Å². The molecule has 7 heavy (non-hydrogen) atoms. The Hall–Kier alpha value is -0.120. The monoisotopic (exact) mass is 104 g/mol. The molecular weight excluding hydrogens is 96.0 g/mol. The SMILES string of the molecule is CC1OCCOO1. The van der Waals surface area contributed by atoms with Gasteiger partial charge in [0.1, 0.15) is 6.61 Å². The maximum Gasteiger partial charge on any atom is 0.188 e. The van der Waals surface area contributed by atoms with Gasteiger partial charge < -0.3 is 4.74 Å². The molecule has 0 aromatic rings. The third kappa shape index (κ3) is 1.43. The minimum Gasteiger partial charge on any atom is -0.347 e. The second-order valence-electron chi connectivity index (χ2n) is 1.36. The number of hydrogen-bond donors (Lipinski definition) is 0. The molecule has 3 heteroatoms. The highest BCUT2D eigenvalue weighted by Gasteiger charge is 2.07. The van der Waals surface area contributed by atoms with Crippen LogP contribution in [0.4, 0.5) is 0 Å². The summed E-state index contributed by atoms with van der Waals surface area (Å²) in [5.74, 6) is 0. The van der Waals surface area contributed by atoms with Crippen molar-refractivity contribution in [1.82, 2.24) is 0 Å². The first kappa shape index (κ1) is 5.03. The molecule has 1 unspecified atom stereocenters. The molecule has 0 bridgehead atoms. The fourth-order valence-corrected chi connectivity index (χ4v) is 0.420. The molecule has 3 nitrogen and oxygen atoms in total. The lowest BCUT2D eigenvalue weighted by Crippen LogP contribution is -2.23. The smallest absolute Gasteiger partial charge is 0.188 e. The van der Waals surface area contributed by atoms with Gasteiger partial charge in [0.05, 0.1) is 6.61 Å². The van der Waals surface area contributed by atoms with Crippen LogP contribution in [0.15, 0.2) is 0 Å². The molecule has 0 amide bonds. The van der Waals surface area contributed by atoms with E-state index in [1.807, 2.05) is 0 Å². The maximum atomic E-state index is 4.93. The number of rotatable bonds is 0. The number of hydrogen-bond acceptors (Lipinski definition) is 3. The van der Waals surface area contributed by atoms with Crippen LogP contribution in [0.1, 0.15) is 6.92 Å². The van der Waals surface area contributed by atoms with Gasteiger partial charge in [-0.25, -0.2) is 9.78 Å². The number of ether oxygens (including phenoxy) is 1. The average Bonchev–Trinajstić information content (AvgIpc) is 1.69. The molecular formula is C4H8O3. The van der Waals surface area contributed by atoms with E-state index in [9.17, 15) is 0 Å². The van der Waals surface area contributed by atoms with Gasteiger partial charge in [-0.1, -0.05) is 0 Å². The van der Waals surface area contributed by atoms with Gasteiger partial charge in [0.15, 0.2) is 6.29 Å². The Labute approximate surface area is 42.1 Å². The van der Waals surface area contributed by atoms with Crippen molar-refractivity contribution in [2.24, 2.45) is 0 Å². The molecule has 1 aliphatic rings. The van der Waals surface area contributed by atoms with E-state index in [0.29, 0.717) is 13.2 Å². The summed E-state index contributed by atoms with van der Waals surface area (Å²) in [5.41, 5.74) is 0. The zero-order chi connectivity index (χ0) is 5.11. The first-order valence-electron chi connectivity index (χ1n) is 2.29. The molecule has 42 valence electrons. The molecule has 0 radical (unpaired) electrons. The Morgan fingerprint density at radius 3 is 2.57 bits per heavy atom. The molecule has 0 saturated carbocycles. The van der Waals surface area contributed by atoms with E-state index in [1.54, 1.807) is 6.92 Å². The predicted octanol–water partition coefficient (Wildman–Crippen LogP) is 0.311. The molecule has 0 aromatic heterocycles. The standard InChI is InChI=1S/C4H8O3/c1-4-5-2-3-6-7-4/h4H,2-3H2,1H3. The summed E-state index contributed by atoms with van der Waals surface area (Å²) in [7, 11) is 0. The third-order valence-electron chi connectivity index (χ3n) is 0.723. The summed E-state index contributed by atoms with van der Waals surface area (Å²) in [6.45, 7) is 2.98. The highest BCUT2D eigenvalue weighted by atomic mass is 17.2. The van der Waals surface area contributed by atoms with Crippen LogP contribution in [0.3, 0.4) is 0 Å². The first-order chi connectivity index (χ1) is 3.39. The van der Waals surface area contributed by atoms with Crippen LogP contribution in [0, 0.1) is 0 Å². The van der Waals surface area contributed by atoms with Gasteiger partial charge in [0.2, 0.25) is 0 Å². The topological polar surface area (TPSA) is 27.7 Å². The van der Waals surface area contributed by atoms with Gasteiger partial charge >= 0.3 is 0 Å². The summed E-state index contributed by atoms with van der Waals surface area (Å²) in [6, 6.07) is 0. The van der Waals surface area contributed by atoms with E-state index in [-0.39, 0.29) is 6.29 Å². The Kier molecular flexibility index (Phi) is 1.62. The zero-order valence-electron chi connectivity index (χ0n) is 4.22. The van der Waals surface area contributed by atoms with Crippen LogP contribution in [0.25, 0.3) is 0 Å². The Balaban J connectivity index is 2.12. The fraction of sp³-hybridized carbons (Fsp3) is 1.00. The molecule has 1 aliphatic heterocycles. The molecule has 1 fully saturated rings. The first-order valence-corrected chi connectivity index (χ1v) is 2.29. The second kappa shape index (κ2) is 2.26. The zero-order valence-corrected chi connectivity index (χ0v) is 4.22. The fourth-order valence-electron chi connectivity index (χ4n) is 0.420. The van der Waals surface area contributed by atoms with E-state index in [4.69, 9.17) is 4.74 Å². The van der Waals surface area contributed by atoms with Crippen LogP contribution in [0.5, 0.6) is 0 Å². The highest BCUT2D eigenvalue weighted by molar-refractivity contribution is 4.32. The lowest BCUT2D eigenvalue weighted by atomic mass is 10.7. The maximum absolute atomic E-state index is 4.93. The molecule has 1 heterocycles. The summed E-state index contributed by atoms with van der Waals surface area (Å²) < 4.78 is 4.93. The normalized spacial score (nSPS) is 33.0. The van der Waals surface area contributed by atoms with Crippen LogP contribution >= 0.6 is 0 Å². The quantitative estimate of drug-likeness (QED) is 0.414.